The zero-order valence-corrected chi connectivity index (χ0v) is 13.0. The van der Waals surface area contributed by atoms with E-state index < -0.39 is 12.7 Å². The highest BCUT2D eigenvalue weighted by Gasteiger charge is 2.15. The molecule has 0 bridgehead atoms. The number of nitrogens with one attached hydrogen (secondary N) is 2. The quantitative estimate of drug-likeness (QED) is 0.838. The molecule has 0 spiro atoms. The normalized spacial score (nSPS) is 11.8. The molecular formula is C18H20F2N2O. The maximum absolute atomic E-state index is 13.4. The first-order chi connectivity index (χ1) is 11.1. The number of rotatable bonds is 6. The minimum absolute atomic E-state index is 0.0354. The number of urea groups is 1. The molecule has 0 heterocycles. The molecule has 0 saturated carbocycles. The summed E-state index contributed by atoms with van der Waals surface area (Å²) in [6.45, 7) is 1.31. The fourth-order valence-corrected chi connectivity index (χ4v) is 2.41. The number of carbonyl (C=O) groups excluding carboxylic acids is 1. The highest BCUT2D eigenvalue weighted by atomic mass is 19.1. The fourth-order valence-electron chi connectivity index (χ4n) is 2.41. The van der Waals surface area contributed by atoms with E-state index in [1.54, 1.807) is 6.07 Å². The van der Waals surface area contributed by atoms with Crippen LogP contribution in [-0.2, 0) is 6.42 Å². The van der Waals surface area contributed by atoms with E-state index in [1.807, 2.05) is 37.3 Å². The van der Waals surface area contributed by atoms with Gasteiger partial charge in [0.05, 0.1) is 6.04 Å². The van der Waals surface area contributed by atoms with Gasteiger partial charge in [0.25, 0.3) is 0 Å². The fraction of sp³-hybridized carbons (Fsp3) is 0.278. The largest absolute Gasteiger partial charge is 0.336 e. The van der Waals surface area contributed by atoms with E-state index in [4.69, 9.17) is 0 Å². The van der Waals surface area contributed by atoms with Crippen molar-refractivity contribution in [3.05, 3.63) is 71.0 Å². The zero-order chi connectivity index (χ0) is 16.7. The van der Waals surface area contributed by atoms with Crippen molar-refractivity contribution in [3.8, 4) is 0 Å². The first-order valence-corrected chi connectivity index (χ1v) is 7.50. The molecule has 0 aliphatic heterocycles. The number of benzene rings is 2. The van der Waals surface area contributed by atoms with E-state index >= 15 is 0 Å². The zero-order valence-electron chi connectivity index (χ0n) is 13.0. The van der Waals surface area contributed by atoms with Gasteiger partial charge in [-0.1, -0.05) is 42.0 Å². The summed E-state index contributed by atoms with van der Waals surface area (Å²) in [7, 11) is 0. The van der Waals surface area contributed by atoms with Crippen molar-refractivity contribution >= 4 is 6.03 Å². The van der Waals surface area contributed by atoms with Crippen molar-refractivity contribution in [2.45, 2.75) is 19.4 Å². The van der Waals surface area contributed by atoms with Gasteiger partial charge in [-0.25, -0.2) is 13.6 Å². The third kappa shape index (κ3) is 5.36. The van der Waals surface area contributed by atoms with Crippen molar-refractivity contribution in [1.82, 2.24) is 10.6 Å². The van der Waals surface area contributed by atoms with Crippen LogP contribution in [0.5, 0.6) is 0 Å². The van der Waals surface area contributed by atoms with Crippen LogP contribution in [0.2, 0.25) is 0 Å². The number of carbonyl (C=O) groups is 1. The second kappa shape index (κ2) is 8.27. The Balaban J connectivity index is 2.18. The first-order valence-electron chi connectivity index (χ1n) is 7.50. The Morgan fingerprint density at radius 1 is 1.17 bits per heavy atom. The lowest BCUT2D eigenvalue weighted by Crippen LogP contribution is -2.39. The molecule has 2 N–H and O–H groups in total. The van der Waals surface area contributed by atoms with Gasteiger partial charge in [0.1, 0.15) is 12.5 Å². The number of hydrogen-bond donors (Lipinski definition) is 2. The first kappa shape index (κ1) is 16.9. The Morgan fingerprint density at radius 2 is 1.96 bits per heavy atom. The van der Waals surface area contributed by atoms with Gasteiger partial charge < -0.3 is 10.6 Å². The monoisotopic (exact) mass is 318 g/mol. The smallest absolute Gasteiger partial charge is 0.315 e. The molecule has 0 aliphatic rings. The van der Waals surface area contributed by atoms with E-state index in [-0.39, 0.29) is 18.4 Å². The van der Waals surface area contributed by atoms with Gasteiger partial charge in [-0.3, -0.25) is 0 Å². The average Bonchev–Trinajstić information content (AvgIpc) is 2.52. The molecule has 0 aromatic heterocycles. The molecule has 5 heteroatoms. The Labute approximate surface area is 134 Å². The number of aryl methyl sites for hydroxylation is 1. The lowest BCUT2D eigenvalue weighted by molar-refractivity contribution is 0.236. The lowest BCUT2D eigenvalue weighted by atomic mass is 9.97. The molecule has 1 unspecified atom stereocenters. The molecule has 3 nitrogen and oxygen atoms in total. The second-order valence-electron chi connectivity index (χ2n) is 5.39. The van der Waals surface area contributed by atoms with E-state index in [0.717, 1.165) is 16.7 Å². The van der Waals surface area contributed by atoms with E-state index in [9.17, 15) is 13.6 Å². The summed E-state index contributed by atoms with van der Waals surface area (Å²) in [6.07, 6.45) is 0.449. The molecule has 2 aromatic carbocycles. The van der Waals surface area contributed by atoms with E-state index in [1.165, 1.54) is 12.1 Å². The van der Waals surface area contributed by atoms with Gasteiger partial charge in [-0.05, 0) is 36.6 Å². The van der Waals surface area contributed by atoms with Gasteiger partial charge in [-0.2, -0.15) is 0 Å². The Bertz CT molecular complexity index is 661. The van der Waals surface area contributed by atoms with Crippen LogP contribution < -0.4 is 10.6 Å². The van der Waals surface area contributed by atoms with Crippen LogP contribution in [-0.4, -0.2) is 19.3 Å². The summed E-state index contributed by atoms with van der Waals surface area (Å²) in [5, 5.41) is 5.27. The molecule has 122 valence electrons. The number of hydrogen-bond acceptors (Lipinski definition) is 1. The molecule has 2 aromatic rings. The number of amides is 2. The number of alkyl halides is 1. The average molecular weight is 318 g/mol. The molecule has 0 aliphatic carbocycles. The third-order valence-electron chi connectivity index (χ3n) is 3.46. The maximum Gasteiger partial charge on any atom is 0.315 e. The predicted octanol–water partition coefficient (Wildman–Crippen LogP) is 3.69. The highest BCUT2D eigenvalue weighted by molar-refractivity contribution is 5.74. The molecule has 2 amide bonds. The van der Waals surface area contributed by atoms with Crippen molar-refractivity contribution in [3.63, 3.8) is 0 Å². The summed E-state index contributed by atoms with van der Waals surface area (Å²) < 4.78 is 25.5. The van der Waals surface area contributed by atoms with E-state index in [2.05, 4.69) is 10.6 Å². The van der Waals surface area contributed by atoms with Crippen LogP contribution in [0.4, 0.5) is 13.6 Å². The van der Waals surface area contributed by atoms with Crippen LogP contribution in [0, 0.1) is 12.7 Å². The van der Waals surface area contributed by atoms with Gasteiger partial charge in [0, 0.05) is 6.54 Å². The summed E-state index contributed by atoms with van der Waals surface area (Å²) in [6, 6.07) is 13.3. The highest BCUT2D eigenvalue weighted by Crippen LogP contribution is 2.20. The van der Waals surface area contributed by atoms with Crippen molar-refractivity contribution in [1.29, 1.82) is 0 Å². The third-order valence-corrected chi connectivity index (χ3v) is 3.46. The Hall–Kier alpha value is -2.43. The molecule has 2 rings (SSSR count). The van der Waals surface area contributed by atoms with Crippen LogP contribution in [0.15, 0.2) is 48.5 Å². The molecule has 0 radical (unpaired) electrons. The maximum atomic E-state index is 13.4. The molecule has 0 fully saturated rings. The summed E-state index contributed by atoms with van der Waals surface area (Å²) in [5.41, 5.74) is 2.77. The van der Waals surface area contributed by atoms with Crippen LogP contribution in [0.3, 0.4) is 0 Å². The summed E-state index contributed by atoms with van der Waals surface area (Å²) in [5.74, 6) is -0.313. The summed E-state index contributed by atoms with van der Waals surface area (Å²) >= 11 is 0. The van der Waals surface area contributed by atoms with Gasteiger partial charge in [0.15, 0.2) is 0 Å². The van der Waals surface area contributed by atoms with Crippen molar-refractivity contribution in [2.24, 2.45) is 0 Å². The van der Waals surface area contributed by atoms with Crippen LogP contribution in [0.1, 0.15) is 22.7 Å². The Morgan fingerprint density at radius 3 is 2.65 bits per heavy atom. The molecule has 23 heavy (non-hydrogen) atoms. The van der Waals surface area contributed by atoms with Gasteiger partial charge >= 0.3 is 6.03 Å². The molecule has 1 atom stereocenters. The van der Waals surface area contributed by atoms with Crippen molar-refractivity contribution < 1.29 is 13.6 Å². The van der Waals surface area contributed by atoms with Crippen molar-refractivity contribution in [2.75, 3.05) is 13.2 Å². The minimum Gasteiger partial charge on any atom is -0.336 e. The minimum atomic E-state index is -0.619. The standard InChI is InChI=1S/C18H20F2N2O/c1-13-4-2-6-15(10-13)17(22-18(23)21-9-8-19)12-14-5-3-7-16(20)11-14/h2-7,10-11,17H,8-9,12H2,1H3,(H2,21,22,23). The Kier molecular flexibility index (Phi) is 6.09. The molecular weight excluding hydrogens is 298 g/mol. The van der Waals surface area contributed by atoms with E-state index in [0.29, 0.717) is 6.42 Å². The number of halogens is 2. The van der Waals surface area contributed by atoms with Gasteiger partial charge in [0.2, 0.25) is 0 Å². The summed E-state index contributed by atoms with van der Waals surface area (Å²) in [4.78, 5) is 11.9. The predicted molar refractivity (Wildman–Crippen MR) is 86.5 cm³/mol. The van der Waals surface area contributed by atoms with Gasteiger partial charge in [-0.15, -0.1) is 0 Å². The topological polar surface area (TPSA) is 41.1 Å². The molecule has 0 saturated heterocycles. The SMILES string of the molecule is Cc1cccc(C(Cc2cccc(F)c2)NC(=O)NCCF)c1. The second-order valence-corrected chi connectivity index (χ2v) is 5.39. The van der Waals surface area contributed by atoms with Crippen LogP contribution >= 0.6 is 0 Å². The lowest BCUT2D eigenvalue weighted by Gasteiger charge is -2.20. The van der Waals surface area contributed by atoms with Crippen LogP contribution in [0.25, 0.3) is 0 Å².